The third kappa shape index (κ3) is 8.33. The second-order valence-electron chi connectivity index (χ2n) is 8.55. The number of carboxylic acids is 1. The van der Waals surface area contributed by atoms with E-state index in [-0.39, 0.29) is 32.1 Å². The predicted molar refractivity (Wildman–Crippen MR) is 123 cm³/mol. The number of carboxylic acid groups (broad SMARTS) is 1. The molecule has 15 heteroatoms. The van der Waals surface area contributed by atoms with Crippen molar-refractivity contribution in [3.63, 3.8) is 0 Å². The molecule has 5 amide bonds. The van der Waals surface area contributed by atoms with Crippen LogP contribution in [0.5, 0.6) is 0 Å². The highest BCUT2D eigenvalue weighted by Crippen LogP contribution is 2.19. The number of primary amides is 2. The highest BCUT2D eigenvalue weighted by Gasteiger charge is 2.38. The molecule has 0 aliphatic carbocycles. The Hall–Kier alpha value is -4.01. The zero-order valence-electron chi connectivity index (χ0n) is 19.6. The van der Waals surface area contributed by atoms with Gasteiger partial charge in [0.05, 0.1) is 12.4 Å². The van der Waals surface area contributed by atoms with Gasteiger partial charge in [-0.3, -0.25) is 24.0 Å². The van der Waals surface area contributed by atoms with Gasteiger partial charge in [-0.05, 0) is 25.7 Å². The van der Waals surface area contributed by atoms with Gasteiger partial charge in [0.1, 0.15) is 18.1 Å². The number of hydrogen-bond donors (Lipinski definition) is 7. The van der Waals surface area contributed by atoms with Crippen LogP contribution in [0.4, 0.5) is 0 Å². The lowest BCUT2D eigenvalue weighted by molar-refractivity contribution is -0.143. The molecule has 0 radical (unpaired) electrons. The van der Waals surface area contributed by atoms with Crippen molar-refractivity contribution in [2.24, 2.45) is 17.2 Å². The van der Waals surface area contributed by atoms with Crippen molar-refractivity contribution in [2.75, 3.05) is 6.54 Å². The summed E-state index contributed by atoms with van der Waals surface area (Å²) in [5.74, 6) is -4.85. The van der Waals surface area contributed by atoms with Gasteiger partial charge in [0.15, 0.2) is 0 Å². The molecule has 0 aromatic carbocycles. The number of H-pyrrole nitrogens is 1. The molecule has 1 aromatic rings. The lowest BCUT2D eigenvalue weighted by atomic mass is 10.1. The molecule has 1 aliphatic rings. The van der Waals surface area contributed by atoms with Crippen LogP contribution in [0.25, 0.3) is 0 Å². The fraction of sp³-hybridized carbons (Fsp3) is 0.571. The second-order valence-corrected chi connectivity index (χ2v) is 8.55. The number of aromatic amines is 1. The van der Waals surface area contributed by atoms with Crippen LogP contribution in [-0.2, 0) is 35.2 Å². The summed E-state index contributed by atoms with van der Waals surface area (Å²) in [6.45, 7) is 0.292. The van der Waals surface area contributed by atoms with E-state index in [1.807, 2.05) is 0 Å². The van der Waals surface area contributed by atoms with E-state index >= 15 is 0 Å². The van der Waals surface area contributed by atoms with Crippen molar-refractivity contribution in [2.45, 2.75) is 69.1 Å². The lowest BCUT2D eigenvalue weighted by Crippen LogP contribution is -2.57. The van der Waals surface area contributed by atoms with Crippen LogP contribution in [0, 0.1) is 0 Å². The standard InChI is InChI=1S/C21H32N8O7/c22-12(8-11-9-25-10-26-11)20(34)29-7-1-2-15(29)19(33)27-13(3-5-16(23)30)18(32)28-14(21(35)36)4-6-17(24)31/h9-10,12-15H,1-8,22H2,(H2,23,30)(H2,24,31)(H,25,26)(H,27,33)(H,28,32)(H,35,36). The van der Waals surface area contributed by atoms with Gasteiger partial charge >= 0.3 is 5.97 Å². The summed E-state index contributed by atoms with van der Waals surface area (Å²) in [5, 5.41) is 14.1. The monoisotopic (exact) mass is 508 g/mol. The number of amides is 5. The molecule has 10 N–H and O–H groups in total. The molecule has 36 heavy (non-hydrogen) atoms. The summed E-state index contributed by atoms with van der Waals surface area (Å²) in [6.07, 6.45) is 3.04. The molecule has 0 saturated carbocycles. The lowest BCUT2D eigenvalue weighted by Gasteiger charge is -2.28. The minimum absolute atomic E-state index is 0.190. The Morgan fingerprint density at radius 1 is 1.08 bits per heavy atom. The van der Waals surface area contributed by atoms with Gasteiger partial charge in [-0.25, -0.2) is 9.78 Å². The van der Waals surface area contributed by atoms with Gasteiger partial charge < -0.3 is 42.8 Å². The molecule has 1 saturated heterocycles. The van der Waals surface area contributed by atoms with Crippen LogP contribution in [0.3, 0.4) is 0 Å². The van der Waals surface area contributed by atoms with E-state index in [1.54, 1.807) is 0 Å². The summed E-state index contributed by atoms with van der Waals surface area (Å²) in [7, 11) is 0. The topological polar surface area (TPSA) is 257 Å². The first-order valence-corrected chi connectivity index (χ1v) is 11.4. The molecule has 1 aliphatic heterocycles. The molecular weight excluding hydrogens is 476 g/mol. The number of imidazole rings is 1. The Bertz CT molecular complexity index is 967. The molecular formula is C21H32N8O7. The summed E-state index contributed by atoms with van der Waals surface area (Å²) in [6, 6.07) is -4.58. The van der Waals surface area contributed by atoms with Gasteiger partial charge in [-0.15, -0.1) is 0 Å². The van der Waals surface area contributed by atoms with Gasteiger partial charge in [0, 0.05) is 37.7 Å². The van der Waals surface area contributed by atoms with Gasteiger partial charge in [0.25, 0.3) is 0 Å². The predicted octanol–water partition coefficient (Wildman–Crippen LogP) is -3.14. The maximum absolute atomic E-state index is 13.1. The summed E-state index contributed by atoms with van der Waals surface area (Å²) >= 11 is 0. The van der Waals surface area contributed by atoms with Crippen LogP contribution >= 0.6 is 0 Å². The number of carbonyl (C=O) groups excluding carboxylic acids is 5. The van der Waals surface area contributed by atoms with Crippen molar-refractivity contribution in [3.8, 4) is 0 Å². The van der Waals surface area contributed by atoms with Crippen molar-refractivity contribution < 1.29 is 33.9 Å². The van der Waals surface area contributed by atoms with Crippen LogP contribution in [-0.4, -0.2) is 86.2 Å². The molecule has 4 atom stereocenters. The van der Waals surface area contributed by atoms with Crippen molar-refractivity contribution >= 4 is 35.5 Å². The normalized spacial score (nSPS) is 17.6. The molecule has 198 valence electrons. The Morgan fingerprint density at radius 2 is 1.72 bits per heavy atom. The number of nitrogens with two attached hydrogens (primary N) is 3. The summed E-state index contributed by atoms with van der Waals surface area (Å²) < 4.78 is 0. The molecule has 15 nitrogen and oxygen atoms in total. The molecule has 2 heterocycles. The smallest absolute Gasteiger partial charge is 0.326 e. The molecule has 0 bridgehead atoms. The number of hydrogen-bond acceptors (Lipinski definition) is 8. The van der Waals surface area contributed by atoms with Gasteiger partial charge in [-0.2, -0.15) is 0 Å². The number of aliphatic carboxylic acids is 1. The van der Waals surface area contributed by atoms with Crippen LogP contribution < -0.4 is 27.8 Å². The molecule has 1 aromatic heterocycles. The van der Waals surface area contributed by atoms with E-state index in [9.17, 15) is 33.9 Å². The zero-order valence-corrected chi connectivity index (χ0v) is 19.6. The number of nitrogens with one attached hydrogen (secondary N) is 3. The minimum Gasteiger partial charge on any atom is -0.480 e. The van der Waals surface area contributed by atoms with E-state index in [1.165, 1.54) is 17.4 Å². The number of rotatable bonds is 14. The number of nitrogens with zero attached hydrogens (tertiary/aromatic N) is 2. The van der Waals surface area contributed by atoms with Crippen molar-refractivity contribution in [1.82, 2.24) is 25.5 Å². The van der Waals surface area contributed by atoms with Crippen LogP contribution in [0.2, 0.25) is 0 Å². The zero-order chi connectivity index (χ0) is 26.8. The number of carbonyl (C=O) groups is 6. The fourth-order valence-corrected chi connectivity index (χ4v) is 3.88. The first kappa shape index (κ1) is 28.2. The van der Waals surface area contributed by atoms with Crippen molar-refractivity contribution in [1.29, 1.82) is 0 Å². The number of likely N-dealkylation sites (tertiary alicyclic amines) is 1. The van der Waals surface area contributed by atoms with E-state index in [2.05, 4.69) is 20.6 Å². The second kappa shape index (κ2) is 13.2. The largest absolute Gasteiger partial charge is 0.480 e. The SMILES string of the molecule is NC(=O)CCC(NC(=O)C(CCC(N)=O)NC(=O)C1CCCN1C(=O)C(N)Cc1cnc[nH]1)C(=O)O. The number of aromatic nitrogens is 2. The van der Waals surface area contributed by atoms with E-state index < -0.39 is 59.7 Å². The average Bonchev–Trinajstić information content (AvgIpc) is 3.50. The molecule has 0 spiro atoms. The molecule has 4 unspecified atom stereocenters. The summed E-state index contributed by atoms with van der Waals surface area (Å²) in [4.78, 5) is 80.6. The molecule has 2 rings (SSSR count). The third-order valence-electron chi connectivity index (χ3n) is 5.76. The Morgan fingerprint density at radius 3 is 2.28 bits per heavy atom. The summed E-state index contributed by atoms with van der Waals surface area (Å²) in [5.41, 5.74) is 16.9. The van der Waals surface area contributed by atoms with E-state index in [0.717, 1.165) is 0 Å². The van der Waals surface area contributed by atoms with Gasteiger partial charge in [-0.1, -0.05) is 0 Å². The molecule has 1 fully saturated rings. The highest BCUT2D eigenvalue weighted by molar-refractivity contribution is 5.94. The van der Waals surface area contributed by atoms with Gasteiger partial charge in [0.2, 0.25) is 29.5 Å². The maximum atomic E-state index is 13.1. The van der Waals surface area contributed by atoms with E-state index in [4.69, 9.17) is 17.2 Å². The van der Waals surface area contributed by atoms with E-state index in [0.29, 0.717) is 25.1 Å². The fourth-order valence-electron chi connectivity index (χ4n) is 3.88. The highest BCUT2D eigenvalue weighted by atomic mass is 16.4. The Kier molecular flexibility index (Phi) is 10.3. The maximum Gasteiger partial charge on any atom is 0.326 e. The van der Waals surface area contributed by atoms with Crippen molar-refractivity contribution in [3.05, 3.63) is 18.2 Å². The van der Waals surface area contributed by atoms with Crippen LogP contribution in [0.15, 0.2) is 12.5 Å². The Balaban J connectivity index is 2.08. The minimum atomic E-state index is -1.44. The third-order valence-corrected chi connectivity index (χ3v) is 5.76. The average molecular weight is 509 g/mol. The quantitative estimate of drug-likeness (QED) is 0.134. The first-order valence-electron chi connectivity index (χ1n) is 11.4. The van der Waals surface area contributed by atoms with Crippen LogP contribution in [0.1, 0.15) is 44.2 Å². The first-order chi connectivity index (χ1) is 17.0. The Labute approximate surface area is 206 Å².